The molecule has 6 heteroatoms. The maximum atomic E-state index is 11.3. The molecule has 0 radical (unpaired) electrons. The average Bonchev–Trinajstić information content (AvgIpc) is 2.38. The van der Waals surface area contributed by atoms with Gasteiger partial charge in [0.05, 0.1) is 11.8 Å². The molecule has 6 nitrogen and oxygen atoms in total. The van der Waals surface area contributed by atoms with E-state index in [4.69, 9.17) is 10.2 Å². The minimum absolute atomic E-state index is 0.0821. The Morgan fingerprint density at radius 1 is 0.950 bits per heavy atom. The highest BCUT2D eigenvalue weighted by Crippen LogP contribution is 2.27. The van der Waals surface area contributed by atoms with Gasteiger partial charge in [-0.25, -0.2) is 0 Å². The molecule has 0 aliphatic rings. The number of hydrogen-bond donors (Lipinski definition) is 3. The monoisotopic (exact) mass is 280 g/mol. The van der Waals surface area contributed by atoms with E-state index in [9.17, 15) is 19.5 Å². The Kier molecular flexibility index (Phi) is 5.71. The van der Waals surface area contributed by atoms with Gasteiger partial charge >= 0.3 is 17.9 Å². The topological polar surface area (TPSA) is 112 Å². The van der Waals surface area contributed by atoms with Gasteiger partial charge in [-0.05, 0) is 18.4 Å². The molecule has 0 amide bonds. The predicted octanol–water partition coefficient (Wildman–Crippen LogP) is 1.81. The van der Waals surface area contributed by atoms with E-state index in [0.717, 1.165) is 0 Å². The van der Waals surface area contributed by atoms with E-state index in [2.05, 4.69) is 0 Å². The van der Waals surface area contributed by atoms with E-state index in [1.807, 2.05) is 0 Å². The van der Waals surface area contributed by atoms with Gasteiger partial charge in [-0.3, -0.25) is 14.4 Å². The number of hydrogen-bond acceptors (Lipinski definition) is 3. The van der Waals surface area contributed by atoms with E-state index in [-0.39, 0.29) is 19.3 Å². The van der Waals surface area contributed by atoms with E-state index in [1.165, 1.54) is 0 Å². The molecule has 1 rings (SSSR count). The van der Waals surface area contributed by atoms with Crippen LogP contribution in [0.15, 0.2) is 30.3 Å². The standard InChI is InChI=1S/C14H16O6/c15-12(16)7-6-10(13(17)18)8-11(14(19)20)9-4-2-1-3-5-9/h1-5,10-11H,6-8H2,(H,15,16)(H,17,18)(H,19,20). The van der Waals surface area contributed by atoms with Crippen LogP contribution in [-0.4, -0.2) is 33.2 Å². The third-order valence-corrected chi connectivity index (χ3v) is 3.08. The summed E-state index contributed by atoms with van der Waals surface area (Å²) in [5.74, 6) is -5.33. The summed E-state index contributed by atoms with van der Waals surface area (Å²) in [7, 11) is 0. The fourth-order valence-corrected chi connectivity index (χ4v) is 1.99. The molecule has 2 atom stereocenters. The van der Waals surface area contributed by atoms with Crippen molar-refractivity contribution in [1.82, 2.24) is 0 Å². The normalized spacial score (nSPS) is 13.4. The van der Waals surface area contributed by atoms with E-state index in [1.54, 1.807) is 30.3 Å². The number of carboxylic acids is 3. The summed E-state index contributed by atoms with van der Waals surface area (Å²) >= 11 is 0. The zero-order valence-electron chi connectivity index (χ0n) is 10.7. The van der Waals surface area contributed by atoms with Crippen LogP contribution in [0.4, 0.5) is 0 Å². The molecule has 0 aliphatic carbocycles. The second-order valence-corrected chi connectivity index (χ2v) is 4.50. The first-order chi connectivity index (χ1) is 9.41. The first kappa shape index (κ1) is 15.7. The molecular weight excluding hydrogens is 264 g/mol. The Morgan fingerprint density at radius 2 is 1.55 bits per heavy atom. The van der Waals surface area contributed by atoms with Crippen molar-refractivity contribution < 1.29 is 29.7 Å². The summed E-state index contributed by atoms with van der Waals surface area (Å²) in [5.41, 5.74) is 0.515. The maximum absolute atomic E-state index is 11.3. The van der Waals surface area contributed by atoms with Crippen LogP contribution in [0.1, 0.15) is 30.7 Å². The molecular formula is C14H16O6. The Balaban J connectivity index is 2.84. The van der Waals surface area contributed by atoms with Crippen molar-refractivity contribution in [2.75, 3.05) is 0 Å². The number of aliphatic carboxylic acids is 3. The summed E-state index contributed by atoms with van der Waals surface area (Å²) in [6.07, 6.45) is -0.499. The van der Waals surface area contributed by atoms with Gasteiger partial charge in [0.1, 0.15) is 0 Å². The zero-order valence-corrected chi connectivity index (χ0v) is 10.7. The molecule has 0 saturated carbocycles. The molecule has 1 aromatic carbocycles. The number of carbonyl (C=O) groups is 3. The van der Waals surface area contributed by atoms with Gasteiger partial charge in [-0.2, -0.15) is 0 Å². The second kappa shape index (κ2) is 7.28. The largest absolute Gasteiger partial charge is 0.481 e. The Labute approximate surface area is 115 Å². The maximum Gasteiger partial charge on any atom is 0.310 e. The third-order valence-electron chi connectivity index (χ3n) is 3.08. The predicted molar refractivity (Wildman–Crippen MR) is 69.4 cm³/mol. The van der Waals surface area contributed by atoms with Gasteiger partial charge in [-0.15, -0.1) is 0 Å². The van der Waals surface area contributed by atoms with E-state index < -0.39 is 29.7 Å². The van der Waals surface area contributed by atoms with Gasteiger partial charge in [0.25, 0.3) is 0 Å². The van der Waals surface area contributed by atoms with Crippen LogP contribution in [0.2, 0.25) is 0 Å². The summed E-state index contributed by atoms with van der Waals surface area (Å²) in [6.45, 7) is 0. The molecule has 108 valence electrons. The SMILES string of the molecule is O=C(O)CCC(CC(C(=O)O)c1ccccc1)C(=O)O. The molecule has 0 heterocycles. The van der Waals surface area contributed by atoms with Crippen LogP contribution in [0.25, 0.3) is 0 Å². The van der Waals surface area contributed by atoms with Crippen LogP contribution in [0, 0.1) is 5.92 Å². The van der Waals surface area contributed by atoms with Crippen molar-refractivity contribution >= 4 is 17.9 Å². The van der Waals surface area contributed by atoms with Crippen LogP contribution in [0.3, 0.4) is 0 Å². The van der Waals surface area contributed by atoms with Crippen LogP contribution >= 0.6 is 0 Å². The molecule has 20 heavy (non-hydrogen) atoms. The van der Waals surface area contributed by atoms with Crippen molar-refractivity contribution in [3.8, 4) is 0 Å². The lowest BCUT2D eigenvalue weighted by atomic mass is 9.86. The smallest absolute Gasteiger partial charge is 0.310 e. The summed E-state index contributed by atoms with van der Waals surface area (Å²) in [5, 5.41) is 26.9. The summed E-state index contributed by atoms with van der Waals surface area (Å²) in [6, 6.07) is 8.34. The second-order valence-electron chi connectivity index (χ2n) is 4.50. The first-order valence-corrected chi connectivity index (χ1v) is 6.14. The van der Waals surface area contributed by atoms with Gasteiger partial charge in [-0.1, -0.05) is 30.3 Å². The fraction of sp³-hybridized carbons (Fsp3) is 0.357. The van der Waals surface area contributed by atoms with E-state index >= 15 is 0 Å². The minimum Gasteiger partial charge on any atom is -0.481 e. The lowest BCUT2D eigenvalue weighted by Crippen LogP contribution is -2.22. The quantitative estimate of drug-likeness (QED) is 0.669. The molecule has 0 spiro atoms. The average molecular weight is 280 g/mol. The van der Waals surface area contributed by atoms with Crippen LogP contribution in [0.5, 0.6) is 0 Å². The van der Waals surface area contributed by atoms with Crippen molar-refractivity contribution in [3.05, 3.63) is 35.9 Å². The molecule has 0 fully saturated rings. The third kappa shape index (κ3) is 4.72. The van der Waals surface area contributed by atoms with Crippen LogP contribution in [-0.2, 0) is 14.4 Å². The Bertz CT molecular complexity index is 482. The lowest BCUT2D eigenvalue weighted by molar-refractivity contribution is -0.144. The van der Waals surface area contributed by atoms with E-state index in [0.29, 0.717) is 5.56 Å². The van der Waals surface area contributed by atoms with Crippen molar-refractivity contribution in [2.45, 2.75) is 25.2 Å². The highest BCUT2D eigenvalue weighted by atomic mass is 16.4. The van der Waals surface area contributed by atoms with Crippen molar-refractivity contribution in [3.63, 3.8) is 0 Å². The molecule has 0 saturated heterocycles. The molecule has 2 unspecified atom stereocenters. The molecule has 0 aliphatic heterocycles. The van der Waals surface area contributed by atoms with Crippen molar-refractivity contribution in [2.24, 2.45) is 5.92 Å². The molecule has 0 bridgehead atoms. The lowest BCUT2D eigenvalue weighted by Gasteiger charge is -2.17. The summed E-state index contributed by atoms with van der Waals surface area (Å²) in [4.78, 5) is 32.9. The Hall–Kier alpha value is -2.37. The van der Waals surface area contributed by atoms with Gasteiger partial charge < -0.3 is 15.3 Å². The minimum atomic E-state index is -1.17. The highest BCUT2D eigenvalue weighted by molar-refractivity contribution is 5.78. The highest BCUT2D eigenvalue weighted by Gasteiger charge is 2.28. The molecule has 1 aromatic rings. The first-order valence-electron chi connectivity index (χ1n) is 6.14. The Morgan fingerprint density at radius 3 is 2.00 bits per heavy atom. The van der Waals surface area contributed by atoms with Gasteiger partial charge in [0.15, 0.2) is 0 Å². The molecule has 3 N–H and O–H groups in total. The van der Waals surface area contributed by atoms with Crippen molar-refractivity contribution in [1.29, 1.82) is 0 Å². The van der Waals surface area contributed by atoms with Gasteiger partial charge in [0, 0.05) is 6.42 Å². The van der Waals surface area contributed by atoms with Gasteiger partial charge in [0.2, 0.25) is 0 Å². The zero-order chi connectivity index (χ0) is 15.1. The number of benzene rings is 1. The number of carboxylic acid groups (broad SMARTS) is 3. The molecule has 0 aromatic heterocycles. The number of rotatable bonds is 8. The summed E-state index contributed by atoms with van der Waals surface area (Å²) < 4.78 is 0. The van der Waals surface area contributed by atoms with Crippen LogP contribution < -0.4 is 0 Å². The fourth-order valence-electron chi connectivity index (χ4n) is 1.99.